The molecule has 150 valence electrons. The Bertz CT molecular complexity index is 938. The van der Waals surface area contributed by atoms with Crippen molar-refractivity contribution in [3.63, 3.8) is 0 Å². The third-order valence-corrected chi connectivity index (χ3v) is 5.61. The van der Waals surface area contributed by atoms with Crippen LogP contribution in [0.4, 0.5) is 0 Å². The van der Waals surface area contributed by atoms with E-state index >= 15 is 0 Å². The molecule has 0 radical (unpaired) electrons. The van der Waals surface area contributed by atoms with Crippen molar-refractivity contribution in [2.75, 3.05) is 13.7 Å². The Kier molecular flexibility index (Phi) is 5.89. The number of ether oxygens (including phenoxy) is 1. The first-order chi connectivity index (χ1) is 14.3. The number of rotatable bonds is 6. The smallest absolute Gasteiger partial charge is 0.254 e. The summed E-state index contributed by atoms with van der Waals surface area (Å²) in [5.41, 5.74) is 2.71. The Morgan fingerprint density at radius 2 is 2.00 bits per heavy atom. The highest BCUT2D eigenvalue weighted by molar-refractivity contribution is 5.95. The van der Waals surface area contributed by atoms with Crippen LogP contribution in [0.15, 0.2) is 61.4 Å². The molecule has 6 heteroatoms. The number of methoxy groups -OCH3 is 1. The molecule has 4 rings (SSSR count). The van der Waals surface area contributed by atoms with Crippen molar-refractivity contribution in [1.29, 1.82) is 0 Å². The summed E-state index contributed by atoms with van der Waals surface area (Å²) in [5.74, 6) is 0.843. The highest BCUT2D eigenvalue weighted by Crippen LogP contribution is 2.29. The Morgan fingerprint density at radius 1 is 1.14 bits per heavy atom. The Hall–Kier alpha value is -3.15. The number of carbonyl (C=O) groups is 1. The van der Waals surface area contributed by atoms with Crippen LogP contribution in [0.2, 0.25) is 0 Å². The van der Waals surface area contributed by atoms with Gasteiger partial charge in [-0.15, -0.1) is 0 Å². The fourth-order valence-corrected chi connectivity index (χ4v) is 4.02. The normalized spacial score (nSPS) is 16.6. The summed E-state index contributed by atoms with van der Waals surface area (Å²) in [4.78, 5) is 23.5. The lowest BCUT2D eigenvalue weighted by Crippen LogP contribution is -2.44. The average Bonchev–Trinajstić information content (AvgIpc) is 3.31. The maximum atomic E-state index is 13.2. The zero-order valence-electron chi connectivity index (χ0n) is 16.7. The zero-order chi connectivity index (χ0) is 20.1. The van der Waals surface area contributed by atoms with Crippen molar-refractivity contribution in [2.45, 2.75) is 38.3 Å². The van der Waals surface area contributed by atoms with Gasteiger partial charge in [-0.3, -0.25) is 9.78 Å². The summed E-state index contributed by atoms with van der Waals surface area (Å²) < 4.78 is 7.48. The SMILES string of the molecule is COc1cnccc1-c1ccc(C(=O)N2CCCCC2CCn2ccnc2)cc1. The molecular formula is C23H26N4O2. The minimum absolute atomic E-state index is 0.119. The number of nitrogens with zero attached hydrogens (tertiary/aromatic N) is 4. The van der Waals surface area contributed by atoms with Gasteiger partial charge in [-0.05, 0) is 49.4 Å². The van der Waals surface area contributed by atoms with Crippen LogP contribution in [0.3, 0.4) is 0 Å². The van der Waals surface area contributed by atoms with Crippen LogP contribution in [-0.4, -0.2) is 45.0 Å². The summed E-state index contributed by atoms with van der Waals surface area (Å²) >= 11 is 0. The molecular weight excluding hydrogens is 364 g/mol. The molecule has 6 nitrogen and oxygen atoms in total. The van der Waals surface area contributed by atoms with Gasteiger partial charge in [-0.25, -0.2) is 4.98 Å². The molecule has 1 aromatic carbocycles. The molecule has 0 bridgehead atoms. The van der Waals surface area contributed by atoms with Gasteiger partial charge < -0.3 is 14.2 Å². The Labute approximate surface area is 171 Å². The van der Waals surface area contributed by atoms with Gasteiger partial charge >= 0.3 is 0 Å². The third kappa shape index (κ3) is 4.31. The molecule has 1 aliphatic rings. The van der Waals surface area contributed by atoms with Gasteiger partial charge in [-0.2, -0.15) is 0 Å². The number of carbonyl (C=O) groups excluding carboxylic acids is 1. The second-order valence-corrected chi connectivity index (χ2v) is 7.39. The van der Waals surface area contributed by atoms with Gasteiger partial charge in [0.1, 0.15) is 5.75 Å². The molecule has 0 saturated carbocycles. The maximum Gasteiger partial charge on any atom is 0.254 e. The van der Waals surface area contributed by atoms with Crippen molar-refractivity contribution in [3.8, 4) is 16.9 Å². The van der Waals surface area contributed by atoms with Crippen molar-refractivity contribution in [1.82, 2.24) is 19.4 Å². The average molecular weight is 390 g/mol. The molecule has 0 aliphatic carbocycles. The summed E-state index contributed by atoms with van der Waals surface area (Å²) in [6.45, 7) is 1.71. The first-order valence-electron chi connectivity index (χ1n) is 10.1. The van der Waals surface area contributed by atoms with E-state index in [4.69, 9.17) is 4.74 Å². The number of aryl methyl sites for hydroxylation is 1. The molecule has 3 heterocycles. The zero-order valence-corrected chi connectivity index (χ0v) is 16.7. The molecule has 1 aliphatic heterocycles. The highest BCUT2D eigenvalue weighted by atomic mass is 16.5. The first kappa shape index (κ1) is 19.2. The van der Waals surface area contributed by atoms with Crippen LogP contribution >= 0.6 is 0 Å². The molecule has 3 aromatic rings. The van der Waals surface area contributed by atoms with Crippen LogP contribution in [-0.2, 0) is 6.54 Å². The maximum absolute atomic E-state index is 13.2. The van der Waals surface area contributed by atoms with Crippen LogP contribution in [0, 0.1) is 0 Å². The predicted molar refractivity (Wildman–Crippen MR) is 112 cm³/mol. The van der Waals surface area contributed by atoms with E-state index in [0.717, 1.165) is 54.8 Å². The van der Waals surface area contributed by atoms with E-state index < -0.39 is 0 Å². The van der Waals surface area contributed by atoms with E-state index in [1.807, 2.05) is 42.9 Å². The lowest BCUT2D eigenvalue weighted by molar-refractivity contribution is 0.0595. The standard InChI is InChI=1S/C23H26N4O2/c1-29-22-16-24-11-9-21(22)18-5-7-19(8-6-18)23(28)27-13-3-2-4-20(27)10-14-26-15-12-25-17-26/h5-9,11-12,15-17,20H,2-4,10,13-14H2,1H3. The fourth-order valence-electron chi connectivity index (χ4n) is 4.02. The van der Waals surface area contributed by atoms with Gasteiger partial charge in [0.05, 0.1) is 19.6 Å². The van der Waals surface area contributed by atoms with Crippen molar-refractivity contribution >= 4 is 5.91 Å². The molecule has 1 unspecified atom stereocenters. The molecule has 1 amide bonds. The van der Waals surface area contributed by atoms with Gasteiger partial charge in [0.25, 0.3) is 5.91 Å². The molecule has 1 fully saturated rings. The van der Waals surface area contributed by atoms with E-state index in [1.54, 1.807) is 25.7 Å². The second-order valence-electron chi connectivity index (χ2n) is 7.39. The fraction of sp³-hybridized carbons (Fsp3) is 0.348. The summed E-state index contributed by atoms with van der Waals surface area (Å²) in [5, 5.41) is 0. The van der Waals surface area contributed by atoms with Gasteiger partial charge in [0.2, 0.25) is 0 Å². The lowest BCUT2D eigenvalue weighted by atomic mass is 9.97. The number of amides is 1. The first-order valence-corrected chi connectivity index (χ1v) is 10.1. The van der Waals surface area contributed by atoms with Gasteiger partial charge in [-0.1, -0.05) is 12.1 Å². The minimum Gasteiger partial charge on any atom is -0.494 e. The van der Waals surface area contributed by atoms with Crippen LogP contribution in [0.1, 0.15) is 36.0 Å². The monoisotopic (exact) mass is 390 g/mol. The number of pyridine rings is 1. The predicted octanol–water partition coefficient (Wildman–Crippen LogP) is 4.04. The summed E-state index contributed by atoms with van der Waals surface area (Å²) in [7, 11) is 1.64. The van der Waals surface area contributed by atoms with Crippen LogP contribution in [0.5, 0.6) is 5.75 Å². The number of piperidine rings is 1. The van der Waals surface area contributed by atoms with E-state index in [1.165, 1.54) is 6.42 Å². The Balaban J connectivity index is 1.48. The number of hydrogen-bond donors (Lipinski definition) is 0. The second kappa shape index (κ2) is 8.90. The quantitative estimate of drug-likeness (QED) is 0.637. The van der Waals surface area contributed by atoms with Crippen molar-refractivity contribution < 1.29 is 9.53 Å². The molecule has 2 aromatic heterocycles. The largest absolute Gasteiger partial charge is 0.494 e. The molecule has 0 spiro atoms. The highest BCUT2D eigenvalue weighted by Gasteiger charge is 2.27. The Morgan fingerprint density at radius 3 is 2.76 bits per heavy atom. The lowest BCUT2D eigenvalue weighted by Gasteiger charge is -2.36. The molecule has 0 N–H and O–H groups in total. The number of benzene rings is 1. The number of likely N-dealkylation sites (tertiary alicyclic amines) is 1. The number of hydrogen-bond acceptors (Lipinski definition) is 4. The van der Waals surface area contributed by atoms with Crippen LogP contribution < -0.4 is 4.74 Å². The molecule has 1 saturated heterocycles. The number of imidazole rings is 1. The summed E-state index contributed by atoms with van der Waals surface area (Å²) in [6.07, 6.45) is 13.3. The summed E-state index contributed by atoms with van der Waals surface area (Å²) in [6, 6.07) is 9.99. The van der Waals surface area contributed by atoms with E-state index in [2.05, 4.69) is 19.4 Å². The van der Waals surface area contributed by atoms with E-state index in [9.17, 15) is 4.79 Å². The minimum atomic E-state index is 0.119. The van der Waals surface area contributed by atoms with Gasteiger partial charge in [0.15, 0.2) is 0 Å². The molecule has 29 heavy (non-hydrogen) atoms. The van der Waals surface area contributed by atoms with E-state index in [-0.39, 0.29) is 11.9 Å². The number of aromatic nitrogens is 3. The van der Waals surface area contributed by atoms with Crippen molar-refractivity contribution in [2.24, 2.45) is 0 Å². The topological polar surface area (TPSA) is 60.2 Å². The molecule has 1 atom stereocenters. The third-order valence-electron chi connectivity index (χ3n) is 5.61. The van der Waals surface area contributed by atoms with Crippen LogP contribution in [0.25, 0.3) is 11.1 Å². The van der Waals surface area contributed by atoms with Crippen molar-refractivity contribution in [3.05, 3.63) is 67.0 Å². The van der Waals surface area contributed by atoms with Gasteiger partial charge in [0, 0.05) is 48.8 Å². The van der Waals surface area contributed by atoms with E-state index in [0.29, 0.717) is 0 Å².